The lowest BCUT2D eigenvalue weighted by Crippen LogP contribution is -2.29. The molecule has 0 radical (unpaired) electrons. The second-order valence-corrected chi connectivity index (χ2v) is 5.96. The Morgan fingerprint density at radius 1 is 1.33 bits per heavy atom. The molecule has 0 aliphatic heterocycles. The maximum Gasteiger partial charge on any atom is 0.254 e. The number of pyridine rings is 1. The summed E-state index contributed by atoms with van der Waals surface area (Å²) in [5, 5.41) is 0. The highest BCUT2D eigenvalue weighted by atomic mass is 32.1. The van der Waals surface area contributed by atoms with Crippen LogP contribution in [0.15, 0.2) is 10.9 Å². The molecule has 1 aliphatic rings. The molecule has 0 atom stereocenters. The van der Waals surface area contributed by atoms with Crippen molar-refractivity contribution in [2.24, 2.45) is 5.92 Å². The summed E-state index contributed by atoms with van der Waals surface area (Å²) in [6, 6.07) is 2.09. The molecule has 1 heterocycles. The molecule has 0 aromatic carbocycles. The summed E-state index contributed by atoms with van der Waals surface area (Å²) < 4.78 is 2.03. The van der Waals surface area contributed by atoms with Crippen LogP contribution >= 0.6 is 12.6 Å². The molecule has 0 bridgehead atoms. The molecular formula is C15H23NOS. The number of aryl methyl sites for hydroxylation is 1. The van der Waals surface area contributed by atoms with Crippen molar-refractivity contribution >= 4 is 12.6 Å². The molecule has 0 saturated carbocycles. The lowest BCUT2D eigenvalue weighted by molar-refractivity contribution is 0.483. The number of nitrogens with zero attached hydrogens (tertiary/aromatic N) is 1. The number of thiol groups is 1. The van der Waals surface area contributed by atoms with E-state index in [0.717, 1.165) is 31.4 Å². The molecule has 0 fully saturated rings. The standard InChI is InChI=1S/C15H23NOS/c1-11(2)7-8-16-14-6-4-3-5-12(14)9-13(10-18)15(16)17/h9,11,18H,3-8,10H2,1-2H3. The van der Waals surface area contributed by atoms with Gasteiger partial charge in [0.25, 0.3) is 5.56 Å². The van der Waals surface area contributed by atoms with E-state index >= 15 is 0 Å². The Morgan fingerprint density at radius 3 is 2.72 bits per heavy atom. The van der Waals surface area contributed by atoms with Gasteiger partial charge in [-0.1, -0.05) is 13.8 Å². The smallest absolute Gasteiger partial charge is 0.254 e. The summed E-state index contributed by atoms with van der Waals surface area (Å²) in [6.07, 6.45) is 5.73. The van der Waals surface area contributed by atoms with E-state index in [1.165, 1.54) is 24.1 Å². The van der Waals surface area contributed by atoms with Crippen LogP contribution in [-0.2, 0) is 25.1 Å². The van der Waals surface area contributed by atoms with Gasteiger partial charge in [-0.15, -0.1) is 0 Å². The van der Waals surface area contributed by atoms with Gasteiger partial charge in [0.1, 0.15) is 0 Å². The summed E-state index contributed by atoms with van der Waals surface area (Å²) in [5.41, 5.74) is 3.72. The molecule has 2 rings (SSSR count). The van der Waals surface area contributed by atoms with Crippen LogP contribution in [0.2, 0.25) is 0 Å². The van der Waals surface area contributed by atoms with Gasteiger partial charge in [0.15, 0.2) is 0 Å². The second-order valence-electron chi connectivity index (χ2n) is 5.65. The van der Waals surface area contributed by atoms with Gasteiger partial charge in [-0.25, -0.2) is 0 Å². The van der Waals surface area contributed by atoms with E-state index in [-0.39, 0.29) is 5.56 Å². The minimum atomic E-state index is 0.186. The van der Waals surface area contributed by atoms with Gasteiger partial charge in [0.05, 0.1) is 0 Å². The zero-order valence-electron chi connectivity index (χ0n) is 11.4. The Labute approximate surface area is 115 Å². The third-order valence-electron chi connectivity index (χ3n) is 3.77. The Hall–Kier alpha value is -0.700. The third kappa shape index (κ3) is 2.82. The average Bonchev–Trinajstić information content (AvgIpc) is 2.36. The van der Waals surface area contributed by atoms with Crippen LogP contribution in [0.4, 0.5) is 0 Å². The first-order chi connectivity index (χ1) is 8.63. The van der Waals surface area contributed by atoms with E-state index in [1.807, 2.05) is 4.57 Å². The highest BCUT2D eigenvalue weighted by Gasteiger charge is 2.17. The van der Waals surface area contributed by atoms with Gasteiger partial charge in [0, 0.05) is 23.6 Å². The van der Waals surface area contributed by atoms with Crippen molar-refractivity contribution in [2.75, 3.05) is 0 Å². The van der Waals surface area contributed by atoms with Crippen LogP contribution in [0, 0.1) is 5.92 Å². The minimum absolute atomic E-state index is 0.186. The molecule has 3 heteroatoms. The van der Waals surface area contributed by atoms with Crippen LogP contribution in [-0.4, -0.2) is 4.57 Å². The number of aromatic nitrogens is 1. The van der Waals surface area contributed by atoms with E-state index < -0.39 is 0 Å². The molecule has 1 aliphatic carbocycles. The largest absolute Gasteiger partial charge is 0.312 e. The maximum atomic E-state index is 12.4. The average molecular weight is 265 g/mol. The van der Waals surface area contributed by atoms with Crippen LogP contribution < -0.4 is 5.56 Å². The Kier molecular flexibility index (Phi) is 4.55. The molecule has 0 saturated heterocycles. The van der Waals surface area contributed by atoms with E-state index in [1.54, 1.807) is 0 Å². The first-order valence-corrected chi connectivity index (χ1v) is 7.62. The van der Waals surface area contributed by atoms with Crippen molar-refractivity contribution in [3.05, 3.63) is 33.2 Å². The van der Waals surface area contributed by atoms with Crippen molar-refractivity contribution in [1.29, 1.82) is 0 Å². The summed E-state index contributed by atoms with van der Waals surface area (Å²) in [6.45, 7) is 5.28. The molecule has 0 amide bonds. The van der Waals surface area contributed by atoms with Crippen molar-refractivity contribution < 1.29 is 0 Å². The number of fused-ring (bicyclic) bond motifs is 1. The van der Waals surface area contributed by atoms with Gasteiger partial charge in [-0.05, 0) is 49.7 Å². The summed E-state index contributed by atoms with van der Waals surface area (Å²) in [4.78, 5) is 12.4. The Morgan fingerprint density at radius 2 is 2.06 bits per heavy atom. The summed E-state index contributed by atoms with van der Waals surface area (Å²) in [7, 11) is 0. The molecular weight excluding hydrogens is 242 g/mol. The Balaban J connectivity index is 2.43. The fourth-order valence-electron chi connectivity index (χ4n) is 2.68. The maximum absolute atomic E-state index is 12.4. The SMILES string of the molecule is CC(C)CCn1c2c(cc(CS)c1=O)CCCC2. The summed E-state index contributed by atoms with van der Waals surface area (Å²) in [5.74, 6) is 1.18. The van der Waals surface area contributed by atoms with Gasteiger partial charge in [0.2, 0.25) is 0 Å². The van der Waals surface area contributed by atoms with Crippen molar-refractivity contribution in [3.8, 4) is 0 Å². The third-order valence-corrected chi connectivity index (χ3v) is 4.12. The predicted molar refractivity (Wildman–Crippen MR) is 79.5 cm³/mol. The fourth-order valence-corrected chi connectivity index (χ4v) is 2.91. The number of rotatable bonds is 4. The molecule has 2 nitrogen and oxygen atoms in total. The van der Waals surface area contributed by atoms with Crippen molar-refractivity contribution in [3.63, 3.8) is 0 Å². The molecule has 0 unspecified atom stereocenters. The van der Waals surface area contributed by atoms with E-state index in [9.17, 15) is 4.79 Å². The Bertz CT molecular complexity index is 476. The van der Waals surface area contributed by atoms with Gasteiger partial charge in [-0.2, -0.15) is 12.6 Å². The molecule has 0 N–H and O–H groups in total. The second kappa shape index (κ2) is 5.96. The van der Waals surface area contributed by atoms with Crippen molar-refractivity contribution in [1.82, 2.24) is 4.57 Å². The lowest BCUT2D eigenvalue weighted by atomic mass is 9.94. The zero-order valence-corrected chi connectivity index (χ0v) is 12.3. The van der Waals surface area contributed by atoms with Crippen LogP contribution in [0.3, 0.4) is 0 Å². The van der Waals surface area contributed by atoms with E-state index in [4.69, 9.17) is 0 Å². The molecule has 0 spiro atoms. The number of hydrogen-bond acceptors (Lipinski definition) is 2. The predicted octanol–water partition coefficient (Wildman–Crippen LogP) is 3.20. The van der Waals surface area contributed by atoms with Gasteiger partial charge in [-0.3, -0.25) is 4.79 Å². The molecule has 18 heavy (non-hydrogen) atoms. The zero-order chi connectivity index (χ0) is 13.1. The van der Waals surface area contributed by atoms with Gasteiger partial charge >= 0.3 is 0 Å². The van der Waals surface area contributed by atoms with E-state index in [2.05, 4.69) is 32.5 Å². The van der Waals surface area contributed by atoms with E-state index in [0.29, 0.717) is 11.7 Å². The minimum Gasteiger partial charge on any atom is -0.312 e. The van der Waals surface area contributed by atoms with Gasteiger partial charge < -0.3 is 4.57 Å². The summed E-state index contributed by atoms with van der Waals surface area (Å²) >= 11 is 4.29. The molecule has 100 valence electrons. The lowest BCUT2D eigenvalue weighted by Gasteiger charge is -2.22. The highest BCUT2D eigenvalue weighted by molar-refractivity contribution is 7.79. The normalized spacial score (nSPS) is 14.9. The number of hydrogen-bond donors (Lipinski definition) is 1. The van der Waals surface area contributed by atoms with Crippen LogP contribution in [0.1, 0.15) is 49.9 Å². The van der Waals surface area contributed by atoms with Crippen molar-refractivity contribution in [2.45, 2.75) is 58.2 Å². The first kappa shape index (κ1) is 13.7. The highest BCUT2D eigenvalue weighted by Crippen LogP contribution is 2.21. The topological polar surface area (TPSA) is 22.0 Å². The first-order valence-electron chi connectivity index (χ1n) is 6.98. The molecule has 1 aromatic rings. The molecule has 1 aromatic heterocycles. The van der Waals surface area contributed by atoms with Crippen LogP contribution in [0.25, 0.3) is 0 Å². The monoisotopic (exact) mass is 265 g/mol. The van der Waals surface area contributed by atoms with Crippen LogP contribution in [0.5, 0.6) is 0 Å². The fraction of sp³-hybridized carbons (Fsp3) is 0.667. The quantitative estimate of drug-likeness (QED) is 0.830.